The first-order valence-electron chi connectivity index (χ1n) is 8.13. The van der Waals surface area contributed by atoms with E-state index in [1.54, 1.807) is 30.9 Å². The number of hydrogen-bond donors (Lipinski definition) is 2. The fraction of sp³-hybridized carbons (Fsp3) is 0.333. The average Bonchev–Trinajstić information content (AvgIpc) is 2.80. The van der Waals surface area contributed by atoms with Crippen molar-refractivity contribution in [3.63, 3.8) is 0 Å². The van der Waals surface area contributed by atoms with Gasteiger partial charge in [0.25, 0.3) is 0 Å². The highest BCUT2D eigenvalue weighted by Crippen LogP contribution is 2.27. The molecule has 2 aromatic rings. The Labute approximate surface area is 140 Å². The van der Waals surface area contributed by atoms with Crippen molar-refractivity contribution < 1.29 is 9.59 Å². The Morgan fingerprint density at radius 2 is 2.00 bits per heavy atom. The molecule has 0 saturated carbocycles. The van der Waals surface area contributed by atoms with Gasteiger partial charge in [-0.2, -0.15) is 0 Å². The van der Waals surface area contributed by atoms with E-state index in [-0.39, 0.29) is 17.7 Å². The molecular formula is C18H20N4O2. The molecule has 3 rings (SSSR count). The topological polar surface area (TPSA) is 84.0 Å². The van der Waals surface area contributed by atoms with Crippen molar-refractivity contribution in [1.82, 2.24) is 15.3 Å². The molecule has 24 heavy (non-hydrogen) atoms. The van der Waals surface area contributed by atoms with Gasteiger partial charge in [-0.15, -0.1) is 0 Å². The van der Waals surface area contributed by atoms with Gasteiger partial charge in [0.15, 0.2) is 0 Å². The van der Waals surface area contributed by atoms with Crippen molar-refractivity contribution in [2.24, 2.45) is 5.92 Å². The molecule has 0 aliphatic carbocycles. The standard InChI is InChI=1S/C18H20N4O2/c23-17-10-13(2-1-6-21-17)11-18(24)22-16-5-9-20-12-15(16)14-3-7-19-8-4-14/h3-5,7-9,12-13H,1-2,6,10-11H2,(H,21,23)(H,20,22,24). The van der Waals surface area contributed by atoms with Crippen LogP contribution in [0.5, 0.6) is 0 Å². The molecule has 1 unspecified atom stereocenters. The van der Waals surface area contributed by atoms with Crippen LogP contribution in [-0.4, -0.2) is 28.3 Å². The Morgan fingerprint density at radius 3 is 2.83 bits per heavy atom. The van der Waals surface area contributed by atoms with Gasteiger partial charge in [0.05, 0.1) is 5.69 Å². The number of rotatable bonds is 4. The van der Waals surface area contributed by atoms with Gasteiger partial charge < -0.3 is 10.6 Å². The van der Waals surface area contributed by atoms with Crippen LogP contribution in [0.2, 0.25) is 0 Å². The second-order valence-corrected chi connectivity index (χ2v) is 5.97. The summed E-state index contributed by atoms with van der Waals surface area (Å²) in [6, 6.07) is 5.54. The van der Waals surface area contributed by atoms with Crippen LogP contribution in [0.1, 0.15) is 25.7 Å². The van der Waals surface area contributed by atoms with E-state index >= 15 is 0 Å². The summed E-state index contributed by atoms with van der Waals surface area (Å²) in [5.74, 6) is 0.0570. The van der Waals surface area contributed by atoms with Gasteiger partial charge in [-0.1, -0.05) is 0 Å². The second kappa shape index (κ2) is 7.68. The number of amides is 2. The molecule has 124 valence electrons. The van der Waals surface area contributed by atoms with Gasteiger partial charge in [-0.3, -0.25) is 19.6 Å². The summed E-state index contributed by atoms with van der Waals surface area (Å²) in [5.41, 5.74) is 2.52. The Balaban J connectivity index is 1.70. The molecule has 1 atom stereocenters. The summed E-state index contributed by atoms with van der Waals surface area (Å²) in [7, 11) is 0. The lowest BCUT2D eigenvalue weighted by Gasteiger charge is -2.14. The minimum absolute atomic E-state index is 0.0340. The van der Waals surface area contributed by atoms with Crippen molar-refractivity contribution in [2.75, 3.05) is 11.9 Å². The molecule has 0 aromatic carbocycles. The smallest absolute Gasteiger partial charge is 0.224 e. The summed E-state index contributed by atoms with van der Waals surface area (Å²) < 4.78 is 0. The van der Waals surface area contributed by atoms with Gasteiger partial charge in [0.1, 0.15) is 0 Å². The lowest BCUT2D eigenvalue weighted by Crippen LogP contribution is -2.23. The molecule has 1 fully saturated rings. The van der Waals surface area contributed by atoms with Crippen molar-refractivity contribution in [3.05, 3.63) is 43.0 Å². The van der Waals surface area contributed by atoms with E-state index in [9.17, 15) is 9.59 Å². The van der Waals surface area contributed by atoms with Crippen LogP contribution in [0, 0.1) is 5.92 Å². The zero-order valence-corrected chi connectivity index (χ0v) is 13.4. The normalized spacial score (nSPS) is 17.7. The molecule has 0 radical (unpaired) electrons. The molecule has 0 bridgehead atoms. The fourth-order valence-corrected chi connectivity index (χ4v) is 2.96. The monoisotopic (exact) mass is 324 g/mol. The van der Waals surface area contributed by atoms with E-state index in [0.29, 0.717) is 19.4 Å². The number of carbonyl (C=O) groups excluding carboxylic acids is 2. The van der Waals surface area contributed by atoms with Crippen LogP contribution in [0.25, 0.3) is 11.1 Å². The quantitative estimate of drug-likeness (QED) is 0.904. The molecule has 2 aromatic heterocycles. The van der Waals surface area contributed by atoms with Gasteiger partial charge in [0.2, 0.25) is 11.8 Å². The lowest BCUT2D eigenvalue weighted by molar-refractivity contribution is -0.122. The summed E-state index contributed by atoms with van der Waals surface area (Å²) >= 11 is 0. The van der Waals surface area contributed by atoms with Crippen LogP contribution >= 0.6 is 0 Å². The fourth-order valence-electron chi connectivity index (χ4n) is 2.96. The number of nitrogens with one attached hydrogen (secondary N) is 2. The van der Waals surface area contributed by atoms with Gasteiger partial charge >= 0.3 is 0 Å². The van der Waals surface area contributed by atoms with E-state index < -0.39 is 0 Å². The molecule has 1 aliphatic rings. The molecule has 1 saturated heterocycles. The third-order valence-corrected chi connectivity index (χ3v) is 4.15. The van der Waals surface area contributed by atoms with Gasteiger partial charge in [0, 0.05) is 49.7 Å². The van der Waals surface area contributed by atoms with Crippen LogP contribution in [0.3, 0.4) is 0 Å². The minimum Gasteiger partial charge on any atom is -0.356 e. The van der Waals surface area contributed by atoms with Crippen LogP contribution < -0.4 is 10.6 Å². The molecular weight excluding hydrogens is 304 g/mol. The van der Waals surface area contributed by atoms with E-state index in [1.165, 1.54) is 0 Å². The predicted octanol–water partition coefficient (Wildman–Crippen LogP) is 2.39. The van der Waals surface area contributed by atoms with E-state index in [0.717, 1.165) is 29.7 Å². The first kappa shape index (κ1) is 16.1. The van der Waals surface area contributed by atoms with E-state index in [4.69, 9.17) is 0 Å². The highest BCUT2D eigenvalue weighted by Gasteiger charge is 2.20. The lowest BCUT2D eigenvalue weighted by atomic mass is 9.96. The van der Waals surface area contributed by atoms with Crippen molar-refractivity contribution in [3.8, 4) is 11.1 Å². The van der Waals surface area contributed by atoms with Crippen LogP contribution in [0.4, 0.5) is 5.69 Å². The summed E-state index contributed by atoms with van der Waals surface area (Å²) in [4.78, 5) is 32.2. The molecule has 2 N–H and O–H groups in total. The zero-order chi connectivity index (χ0) is 16.8. The third-order valence-electron chi connectivity index (χ3n) is 4.15. The number of nitrogens with zero attached hydrogens (tertiary/aromatic N) is 2. The molecule has 3 heterocycles. The Kier molecular flexibility index (Phi) is 5.15. The van der Waals surface area contributed by atoms with Crippen molar-refractivity contribution in [2.45, 2.75) is 25.7 Å². The molecule has 1 aliphatic heterocycles. The number of anilines is 1. The Hall–Kier alpha value is -2.76. The highest BCUT2D eigenvalue weighted by atomic mass is 16.2. The number of hydrogen-bond acceptors (Lipinski definition) is 4. The van der Waals surface area contributed by atoms with Crippen LogP contribution in [0.15, 0.2) is 43.0 Å². The highest BCUT2D eigenvalue weighted by molar-refractivity contribution is 5.95. The Morgan fingerprint density at radius 1 is 1.21 bits per heavy atom. The molecule has 6 nitrogen and oxygen atoms in total. The number of pyridine rings is 2. The predicted molar refractivity (Wildman–Crippen MR) is 91.1 cm³/mol. The van der Waals surface area contributed by atoms with Gasteiger partial charge in [-0.25, -0.2) is 0 Å². The van der Waals surface area contributed by atoms with Crippen LogP contribution in [-0.2, 0) is 9.59 Å². The summed E-state index contributed by atoms with van der Waals surface area (Å²) in [6.07, 6.45) is 9.37. The van der Waals surface area contributed by atoms with Gasteiger partial charge in [-0.05, 0) is 42.5 Å². The summed E-state index contributed by atoms with van der Waals surface area (Å²) in [6.45, 7) is 0.702. The maximum absolute atomic E-state index is 12.4. The van der Waals surface area contributed by atoms with Crippen molar-refractivity contribution in [1.29, 1.82) is 0 Å². The van der Waals surface area contributed by atoms with E-state index in [1.807, 2.05) is 12.1 Å². The number of aromatic nitrogens is 2. The van der Waals surface area contributed by atoms with E-state index in [2.05, 4.69) is 20.6 Å². The SMILES string of the molecule is O=C1CC(CC(=O)Nc2ccncc2-c2ccncc2)CCCN1. The second-order valence-electron chi connectivity index (χ2n) is 5.97. The van der Waals surface area contributed by atoms with Crippen molar-refractivity contribution >= 4 is 17.5 Å². The number of carbonyl (C=O) groups is 2. The maximum Gasteiger partial charge on any atom is 0.224 e. The maximum atomic E-state index is 12.4. The molecule has 2 amide bonds. The Bertz CT molecular complexity index is 718. The first-order valence-corrected chi connectivity index (χ1v) is 8.13. The minimum atomic E-state index is -0.0730. The summed E-state index contributed by atoms with van der Waals surface area (Å²) in [5, 5.41) is 5.80. The molecule has 0 spiro atoms. The average molecular weight is 324 g/mol. The third kappa shape index (κ3) is 4.16. The molecule has 6 heteroatoms. The largest absolute Gasteiger partial charge is 0.356 e. The zero-order valence-electron chi connectivity index (χ0n) is 13.4. The first-order chi connectivity index (χ1) is 11.7.